The molecule has 0 fully saturated rings. The van der Waals surface area contributed by atoms with Crippen LogP contribution in [0.5, 0.6) is 0 Å². The standard InChI is InChI=1S/C12H15N5OS/c1-8-15-12(19-16-8)17(7-11(14)18)6-9-4-2-3-5-10(9)13/h2-5H,6-7,13H2,1H3,(H2,14,18). The lowest BCUT2D eigenvalue weighted by molar-refractivity contribution is -0.116. The summed E-state index contributed by atoms with van der Waals surface area (Å²) in [6, 6.07) is 7.51. The molecule has 1 aromatic carbocycles. The zero-order valence-electron chi connectivity index (χ0n) is 10.5. The number of carbonyl (C=O) groups excluding carboxylic acids is 1. The van der Waals surface area contributed by atoms with Crippen LogP contribution in [-0.4, -0.2) is 21.8 Å². The van der Waals surface area contributed by atoms with Gasteiger partial charge in [0.05, 0.1) is 6.54 Å². The number of rotatable bonds is 5. The molecule has 0 atom stereocenters. The Balaban J connectivity index is 2.24. The molecule has 0 saturated heterocycles. The Morgan fingerprint density at radius 2 is 2.16 bits per heavy atom. The summed E-state index contributed by atoms with van der Waals surface area (Å²) in [4.78, 5) is 17.2. The number of carbonyl (C=O) groups is 1. The van der Waals surface area contributed by atoms with Gasteiger partial charge in [0.1, 0.15) is 5.82 Å². The molecule has 1 amide bonds. The largest absolute Gasteiger partial charge is 0.398 e. The van der Waals surface area contributed by atoms with Gasteiger partial charge in [0, 0.05) is 23.8 Å². The highest BCUT2D eigenvalue weighted by Gasteiger charge is 2.15. The van der Waals surface area contributed by atoms with Gasteiger partial charge in [-0.2, -0.15) is 4.37 Å². The molecule has 0 spiro atoms. The number of para-hydroxylation sites is 1. The molecule has 1 aromatic heterocycles. The number of aryl methyl sites for hydroxylation is 1. The Labute approximate surface area is 115 Å². The summed E-state index contributed by atoms with van der Waals surface area (Å²) in [5.41, 5.74) is 12.8. The third kappa shape index (κ3) is 3.41. The van der Waals surface area contributed by atoms with Gasteiger partial charge >= 0.3 is 0 Å². The van der Waals surface area contributed by atoms with Crippen molar-refractivity contribution >= 4 is 28.3 Å². The Morgan fingerprint density at radius 3 is 2.74 bits per heavy atom. The maximum atomic E-state index is 11.2. The summed E-state index contributed by atoms with van der Waals surface area (Å²) in [6.45, 7) is 2.37. The Bertz CT molecular complexity index is 583. The van der Waals surface area contributed by atoms with Crippen molar-refractivity contribution in [3.05, 3.63) is 35.7 Å². The van der Waals surface area contributed by atoms with Crippen molar-refractivity contribution in [2.45, 2.75) is 13.5 Å². The van der Waals surface area contributed by atoms with Crippen molar-refractivity contribution in [2.75, 3.05) is 17.2 Å². The van der Waals surface area contributed by atoms with Crippen LogP contribution in [-0.2, 0) is 11.3 Å². The summed E-state index contributed by atoms with van der Waals surface area (Å²) in [5.74, 6) is 0.262. The van der Waals surface area contributed by atoms with Crippen molar-refractivity contribution in [3.8, 4) is 0 Å². The van der Waals surface area contributed by atoms with Crippen molar-refractivity contribution in [1.82, 2.24) is 9.36 Å². The minimum atomic E-state index is -0.414. The molecule has 0 unspecified atom stereocenters. The number of anilines is 2. The molecule has 100 valence electrons. The van der Waals surface area contributed by atoms with Crippen LogP contribution in [0.4, 0.5) is 10.8 Å². The zero-order chi connectivity index (χ0) is 13.8. The number of nitrogens with zero attached hydrogens (tertiary/aromatic N) is 3. The monoisotopic (exact) mass is 277 g/mol. The molecule has 2 rings (SSSR count). The van der Waals surface area contributed by atoms with E-state index >= 15 is 0 Å². The summed E-state index contributed by atoms with van der Waals surface area (Å²) >= 11 is 1.24. The average molecular weight is 277 g/mol. The molecular weight excluding hydrogens is 262 g/mol. The number of amides is 1. The second-order valence-corrected chi connectivity index (χ2v) is 4.88. The van der Waals surface area contributed by atoms with Crippen LogP contribution >= 0.6 is 11.5 Å². The van der Waals surface area contributed by atoms with E-state index in [1.807, 2.05) is 24.3 Å². The number of nitrogens with two attached hydrogens (primary N) is 2. The topological polar surface area (TPSA) is 98.1 Å². The lowest BCUT2D eigenvalue weighted by Crippen LogP contribution is -2.33. The number of aromatic nitrogens is 2. The van der Waals surface area contributed by atoms with E-state index in [0.717, 1.165) is 5.56 Å². The Hall–Kier alpha value is -2.15. The SMILES string of the molecule is Cc1nsc(N(CC(N)=O)Cc2ccccc2N)n1. The van der Waals surface area contributed by atoms with E-state index in [2.05, 4.69) is 9.36 Å². The summed E-state index contributed by atoms with van der Waals surface area (Å²) < 4.78 is 4.11. The van der Waals surface area contributed by atoms with Gasteiger partial charge in [0.25, 0.3) is 0 Å². The van der Waals surface area contributed by atoms with Crippen LogP contribution < -0.4 is 16.4 Å². The van der Waals surface area contributed by atoms with Crippen LogP contribution in [0.3, 0.4) is 0 Å². The second-order valence-electron chi connectivity index (χ2n) is 4.15. The van der Waals surface area contributed by atoms with Gasteiger partial charge in [-0.25, -0.2) is 4.98 Å². The first-order valence-corrected chi connectivity index (χ1v) is 6.50. The van der Waals surface area contributed by atoms with Gasteiger partial charge in [0.15, 0.2) is 0 Å². The quantitative estimate of drug-likeness (QED) is 0.792. The van der Waals surface area contributed by atoms with E-state index in [1.165, 1.54) is 11.5 Å². The van der Waals surface area contributed by atoms with Crippen LogP contribution in [0.15, 0.2) is 24.3 Å². The number of nitrogen functional groups attached to an aromatic ring is 1. The molecule has 19 heavy (non-hydrogen) atoms. The van der Waals surface area contributed by atoms with E-state index in [0.29, 0.717) is 23.2 Å². The molecular formula is C12H15N5OS. The highest BCUT2D eigenvalue weighted by Crippen LogP contribution is 2.21. The van der Waals surface area contributed by atoms with Crippen LogP contribution in [0.25, 0.3) is 0 Å². The average Bonchev–Trinajstić information content (AvgIpc) is 2.77. The van der Waals surface area contributed by atoms with Gasteiger partial charge in [-0.05, 0) is 18.6 Å². The van der Waals surface area contributed by atoms with Crippen molar-refractivity contribution in [3.63, 3.8) is 0 Å². The van der Waals surface area contributed by atoms with Gasteiger partial charge in [-0.3, -0.25) is 4.79 Å². The first-order valence-electron chi connectivity index (χ1n) is 5.73. The summed E-state index contributed by atoms with van der Waals surface area (Å²) in [5, 5.41) is 0.666. The van der Waals surface area contributed by atoms with Crippen molar-refractivity contribution in [2.24, 2.45) is 5.73 Å². The van der Waals surface area contributed by atoms with Crippen molar-refractivity contribution in [1.29, 1.82) is 0 Å². The van der Waals surface area contributed by atoms with Gasteiger partial charge < -0.3 is 16.4 Å². The van der Waals surface area contributed by atoms with Crippen LogP contribution in [0.1, 0.15) is 11.4 Å². The van der Waals surface area contributed by atoms with Gasteiger partial charge in [-0.15, -0.1) is 0 Å². The summed E-state index contributed by atoms with van der Waals surface area (Å²) in [6.07, 6.45) is 0. The second kappa shape index (κ2) is 5.66. The number of primary amides is 1. The first kappa shape index (κ1) is 13.3. The fraction of sp³-hybridized carbons (Fsp3) is 0.250. The normalized spacial score (nSPS) is 10.4. The van der Waals surface area contributed by atoms with Crippen molar-refractivity contribution < 1.29 is 4.79 Å². The fourth-order valence-electron chi connectivity index (χ4n) is 1.68. The molecule has 0 aliphatic heterocycles. The minimum Gasteiger partial charge on any atom is -0.398 e. The third-order valence-corrected chi connectivity index (χ3v) is 3.42. The van der Waals surface area contributed by atoms with E-state index in [1.54, 1.807) is 11.8 Å². The Morgan fingerprint density at radius 1 is 1.42 bits per heavy atom. The molecule has 1 heterocycles. The molecule has 0 aliphatic rings. The maximum absolute atomic E-state index is 11.2. The molecule has 7 heteroatoms. The minimum absolute atomic E-state index is 0.0863. The van der Waals surface area contributed by atoms with Crippen LogP contribution in [0, 0.1) is 6.92 Å². The number of hydrogen-bond donors (Lipinski definition) is 2. The zero-order valence-corrected chi connectivity index (χ0v) is 11.4. The molecule has 0 saturated carbocycles. The van der Waals surface area contributed by atoms with E-state index in [-0.39, 0.29) is 6.54 Å². The first-order chi connectivity index (χ1) is 9.06. The van der Waals surface area contributed by atoms with E-state index in [9.17, 15) is 4.79 Å². The molecule has 4 N–H and O–H groups in total. The summed E-state index contributed by atoms with van der Waals surface area (Å²) in [7, 11) is 0. The third-order valence-electron chi connectivity index (χ3n) is 2.55. The number of benzene rings is 1. The molecule has 6 nitrogen and oxygen atoms in total. The molecule has 2 aromatic rings. The Kier molecular flexibility index (Phi) is 3.96. The predicted molar refractivity (Wildman–Crippen MR) is 75.7 cm³/mol. The lowest BCUT2D eigenvalue weighted by Gasteiger charge is -2.20. The molecule has 0 bridgehead atoms. The van der Waals surface area contributed by atoms with Crippen LogP contribution in [0.2, 0.25) is 0 Å². The smallest absolute Gasteiger partial charge is 0.237 e. The molecule has 0 radical (unpaired) electrons. The van der Waals surface area contributed by atoms with E-state index < -0.39 is 5.91 Å². The van der Waals surface area contributed by atoms with Gasteiger partial charge in [-0.1, -0.05) is 18.2 Å². The predicted octanol–water partition coefficient (Wildman–Crippen LogP) is 0.921. The molecule has 0 aliphatic carbocycles. The van der Waals surface area contributed by atoms with E-state index in [4.69, 9.17) is 11.5 Å². The maximum Gasteiger partial charge on any atom is 0.237 e. The highest BCUT2D eigenvalue weighted by molar-refractivity contribution is 7.09. The lowest BCUT2D eigenvalue weighted by atomic mass is 10.2. The highest BCUT2D eigenvalue weighted by atomic mass is 32.1. The number of hydrogen-bond acceptors (Lipinski definition) is 6. The van der Waals surface area contributed by atoms with Gasteiger partial charge in [0.2, 0.25) is 11.0 Å². The fourth-order valence-corrected chi connectivity index (χ4v) is 2.35.